The van der Waals surface area contributed by atoms with E-state index >= 15 is 0 Å². The van der Waals surface area contributed by atoms with Crippen LogP contribution in [0.1, 0.15) is 10.4 Å². The molecule has 0 spiro atoms. The van der Waals surface area contributed by atoms with Crippen LogP contribution in [0.2, 0.25) is 0 Å². The average Bonchev–Trinajstić information content (AvgIpc) is 2.31. The number of rotatable bonds is 3. The number of nitrogens with one attached hydrogen (secondary N) is 1. The number of benzene rings is 2. The number of hydrogen-bond donors (Lipinski definition) is 3. The van der Waals surface area contributed by atoms with Gasteiger partial charge in [-0.1, -0.05) is 6.07 Å². The molecule has 5 N–H and O–H groups in total. The lowest BCUT2D eigenvalue weighted by atomic mass is 10.1. The van der Waals surface area contributed by atoms with Gasteiger partial charge in [-0.25, -0.2) is 4.39 Å². The average molecular weight is 245 g/mol. The predicted molar refractivity (Wildman–Crippen MR) is 69.1 cm³/mol. The number of halogens is 1. The predicted octanol–water partition coefficient (Wildman–Crippen LogP) is 2.25. The van der Waals surface area contributed by atoms with Gasteiger partial charge in [-0.15, -0.1) is 0 Å². The number of hydrogen-bond acceptors (Lipinski definition) is 3. The number of carbonyl (C=O) groups excluding carboxylic acids is 1. The number of anilines is 3. The van der Waals surface area contributed by atoms with Crippen LogP contribution in [0.15, 0.2) is 42.5 Å². The molecule has 2 aromatic carbocycles. The summed E-state index contributed by atoms with van der Waals surface area (Å²) in [5.74, 6) is -0.944. The molecule has 0 heterocycles. The van der Waals surface area contributed by atoms with Crippen LogP contribution in [0.3, 0.4) is 0 Å². The summed E-state index contributed by atoms with van der Waals surface area (Å²) in [4.78, 5) is 11.1. The first-order chi connectivity index (χ1) is 8.56. The van der Waals surface area contributed by atoms with Crippen molar-refractivity contribution in [1.29, 1.82) is 0 Å². The van der Waals surface area contributed by atoms with E-state index in [9.17, 15) is 9.18 Å². The third-order valence-electron chi connectivity index (χ3n) is 2.43. The molecule has 0 radical (unpaired) electrons. The number of carbonyl (C=O) groups is 1. The van der Waals surface area contributed by atoms with Crippen molar-refractivity contribution >= 4 is 23.0 Å². The third-order valence-corrected chi connectivity index (χ3v) is 2.43. The van der Waals surface area contributed by atoms with Crippen molar-refractivity contribution < 1.29 is 9.18 Å². The zero-order valence-corrected chi connectivity index (χ0v) is 9.48. The van der Waals surface area contributed by atoms with E-state index in [0.29, 0.717) is 17.1 Å². The third kappa shape index (κ3) is 2.57. The van der Waals surface area contributed by atoms with Gasteiger partial charge < -0.3 is 16.8 Å². The Hall–Kier alpha value is -2.56. The molecule has 92 valence electrons. The zero-order chi connectivity index (χ0) is 13.1. The second kappa shape index (κ2) is 4.75. The van der Waals surface area contributed by atoms with Gasteiger partial charge in [-0.05, 0) is 36.4 Å². The Morgan fingerprint density at radius 1 is 1.11 bits per heavy atom. The van der Waals surface area contributed by atoms with E-state index in [4.69, 9.17) is 11.5 Å². The van der Waals surface area contributed by atoms with E-state index in [0.717, 1.165) is 0 Å². The Morgan fingerprint density at radius 3 is 2.50 bits per heavy atom. The fourth-order valence-corrected chi connectivity index (χ4v) is 1.58. The van der Waals surface area contributed by atoms with Crippen LogP contribution in [0.25, 0.3) is 0 Å². The van der Waals surface area contributed by atoms with Gasteiger partial charge in [0.25, 0.3) is 5.91 Å². The molecule has 2 rings (SSSR count). The highest BCUT2D eigenvalue weighted by molar-refractivity contribution is 5.99. The van der Waals surface area contributed by atoms with Crippen LogP contribution in [0.5, 0.6) is 0 Å². The van der Waals surface area contributed by atoms with Gasteiger partial charge in [-0.2, -0.15) is 0 Å². The summed E-state index contributed by atoms with van der Waals surface area (Å²) in [6, 6.07) is 10.8. The summed E-state index contributed by atoms with van der Waals surface area (Å²) in [5, 5.41) is 2.96. The molecule has 4 nitrogen and oxygen atoms in total. The van der Waals surface area contributed by atoms with E-state index in [1.807, 2.05) is 0 Å². The summed E-state index contributed by atoms with van der Waals surface area (Å²) >= 11 is 0. The quantitative estimate of drug-likeness (QED) is 0.725. The van der Waals surface area contributed by atoms with Crippen LogP contribution in [-0.4, -0.2) is 5.91 Å². The van der Waals surface area contributed by atoms with E-state index in [2.05, 4.69) is 5.32 Å². The van der Waals surface area contributed by atoms with Gasteiger partial charge in [0, 0.05) is 17.1 Å². The molecule has 0 saturated heterocycles. The molecule has 0 aliphatic heterocycles. The van der Waals surface area contributed by atoms with Crippen LogP contribution in [0.4, 0.5) is 21.5 Å². The minimum Gasteiger partial charge on any atom is -0.398 e. The number of amides is 1. The number of nitrogens with two attached hydrogens (primary N) is 2. The fourth-order valence-electron chi connectivity index (χ4n) is 1.58. The topological polar surface area (TPSA) is 81.1 Å². The van der Waals surface area contributed by atoms with Crippen molar-refractivity contribution in [2.24, 2.45) is 5.73 Å². The minimum atomic E-state index is -0.601. The van der Waals surface area contributed by atoms with E-state index in [1.54, 1.807) is 24.3 Å². The Balaban J connectivity index is 2.30. The summed E-state index contributed by atoms with van der Waals surface area (Å²) in [6.45, 7) is 0. The minimum absolute atomic E-state index is 0.233. The maximum Gasteiger partial charge on any atom is 0.250 e. The molecule has 0 unspecified atom stereocenters. The van der Waals surface area contributed by atoms with Gasteiger partial charge in [0.05, 0.1) is 5.56 Å². The normalized spacial score (nSPS) is 10.1. The molecule has 2 aromatic rings. The Bertz CT molecular complexity index is 599. The SMILES string of the molecule is NC(=O)c1cc(Nc2cccc(F)c2)ccc1N. The van der Waals surface area contributed by atoms with Crippen molar-refractivity contribution in [2.75, 3.05) is 11.1 Å². The molecule has 1 amide bonds. The Labute approximate surface area is 103 Å². The highest BCUT2D eigenvalue weighted by Gasteiger charge is 2.06. The lowest BCUT2D eigenvalue weighted by molar-refractivity contribution is 0.100. The van der Waals surface area contributed by atoms with Gasteiger partial charge in [0.1, 0.15) is 5.82 Å². The van der Waals surface area contributed by atoms with Crippen molar-refractivity contribution in [3.8, 4) is 0 Å². The van der Waals surface area contributed by atoms with Crippen LogP contribution >= 0.6 is 0 Å². The van der Waals surface area contributed by atoms with Crippen molar-refractivity contribution in [3.05, 3.63) is 53.8 Å². The second-order valence-electron chi connectivity index (χ2n) is 3.80. The summed E-state index contributed by atoms with van der Waals surface area (Å²) in [6.07, 6.45) is 0. The fraction of sp³-hybridized carbons (Fsp3) is 0. The summed E-state index contributed by atoms with van der Waals surface area (Å²) < 4.78 is 13.0. The highest BCUT2D eigenvalue weighted by Crippen LogP contribution is 2.21. The van der Waals surface area contributed by atoms with Gasteiger partial charge in [0.15, 0.2) is 0 Å². The summed E-state index contributed by atoms with van der Waals surface area (Å²) in [7, 11) is 0. The Kier molecular flexibility index (Phi) is 3.14. The second-order valence-corrected chi connectivity index (χ2v) is 3.80. The van der Waals surface area contributed by atoms with Crippen molar-refractivity contribution in [2.45, 2.75) is 0 Å². The molecule has 0 atom stereocenters. The summed E-state index contributed by atoms with van der Waals surface area (Å²) in [5.41, 5.74) is 12.6. The molecule has 0 saturated carbocycles. The maximum atomic E-state index is 13.0. The molecule has 0 fully saturated rings. The van der Waals surface area contributed by atoms with E-state index in [-0.39, 0.29) is 11.4 Å². The highest BCUT2D eigenvalue weighted by atomic mass is 19.1. The molecule has 0 aromatic heterocycles. The monoisotopic (exact) mass is 245 g/mol. The number of nitrogen functional groups attached to an aromatic ring is 1. The van der Waals surface area contributed by atoms with Crippen LogP contribution in [-0.2, 0) is 0 Å². The van der Waals surface area contributed by atoms with E-state index in [1.165, 1.54) is 18.2 Å². The van der Waals surface area contributed by atoms with Gasteiger partial charge >= 0.3 is 0 Å². The van der Waals surface area contributed by atoms with Crippen molar-refractivity contribution in [1.82, 2.24) is 0 Å². The molecule has 0 aliphatic rings. The number of primary amides is 1. The lowest BCUT2D eigenvalue weighted by Crippen LogP contribution is -2.13. The van der Waals surface area contributed by atoms with Crippen LogP contribution in [0, 0.1) is 5.82 Å². The van der Waals surface area contributed by atoms with Crippen molar-refractivity contribution in [3.63, 3.8) is 0 Å². The first-order valence-electron chi connectivity index (χ1n) is 5.28. The van der Waals surface area contributed by atoms with Crippen LogP contribution < -0.4 is 16.8 Å². The zero-order valence-electron chi connectivity index (χ0n) is 9.48. The molecular weight excluding hydrogens is 233 g/mol. The molecular formula is C13H12FN3O. The molecule has 5 heteroatoms. The molecule has 0 aliphatic carbocycles. The first kappa shape index (κ1) is 11.9. The lowest BCUT2D eigenvalue weighted by Gasteiger charge is -2.09. The standard InChI is InChI=1S/C13H12FN3O/c14-8-2-1-3-9(6-8)17-10-4-5-12(15)11(7-10)13(16)18/h1-7,17H,15H2,(H2,16,18). The largest absolute Gasteiger partial charge is 0.398 e. The smallest absolute Gasteiger partial charge is 0.250 e. The first-order valence-corrected chi connectivity index (χ1v) is 5.28. The Morgan fingerprint density at radius 2 is 1.83 bits per heavy atom. The molecule has 18 heavy (non-hydrogen) atoms. The maximum absolute atomic E-state index is 13.0. The van der Waals surface area contributed by atoms with Gasteiger partial charge in [-0.3, -0.25) is 4.79 Å². The van der Waals surface area contributed by atoms with E-state index < -0.39 is 5.91 Å². The van der Waals surface area contributed by atoms with Gasteiger partial charge in [0.2, 0.25) is 0 Å². The molecule has 0 bridgehead atoms.